The molecular formula is C13H35N3. The number of likely N-dealkylation sites (tertiary alicyclic amines) is 1. The maximum Gasteiger partial charge on any atom is 0.00631 e. The van der Waals surface area contributed by atoms with E-state index in [4.69, 9.17) is 5.73 Å². The molecule has 1 aliphatic heterocycles. The molecule has 1 fully saturated rings. The molecule has 1 heterocycles. The molecule has 0 aliphatic carbocycles. The predicted molar refractivity (Wildman–Crippen MR) is 77.0 cm³/mol. The van der Waals surface area contributed by atoms with Gasteiger partial charge in [-0.05, 0) is 58.4 Å². The quantitative estimate of drug-likeness (QED) is 0.692. The minimum atomic E-state index is 0. The number of nitrogens with one attached hydrogen (secondary N) is 1. The van der Waals surface area contributed by atoms with Gasteiger partial charge in [0.2, 0.25) is 0 Å². The number of hydrogen-bond acceptors (Lipinski definition) is 3. The molecule has 0 amide bonds. The molecule has 0 aromatic carbocycles. The molecule has 0 aromatic rings. The lowest BCUT2D eigenvalue weighted by atomic mass is 10.1. The normalized spacial score (nSPS) is 18.0. The molecule has 16 heavy (non-hydrogen) atoms. The van der Waals surface area contributed by atoms with Crippen molar-refractivity contribution in [3.05, 3.63) is 0 Å². The summed E-state index contributed by atoms with van der Waals surface area (Å²) in [5, 5.41) is 3.43. The first kappa shape index (κ1) is 15.9. The highest BCUT2D eigenvalue weighted by Crippen LogP contribution is 2.07. The van der Waals surface area contributed by atoms with Crippen molar-refractivity contribution >= 4 is 0 Å². The van der Waals surface area contributed by atoms with Crippen LogP contribution in [-0.2, 0) is 0 Å². The third-order valence-electron chi connectivity index (χ3n) is 2.89. The van der Waals surface area contributed by atoms with Crippen LogP contribution in [0.5, 0.6) is 0 Å². The van der Waals surface area contributed by atoms with E-state index in [9.17, 15) is 0 Å². The van der Waals surface area contributed by atoms with Crippen LogP contribution in [0.1, 0.15) is 49.3 Å². The van der Waals surface area contributed by atoms with Gasteiger partial charge in [-0.15, -0.1) is 0 Å². The first-order valence-corrected chi connectivity index (χ1v) is 7.01. The van der Waals surface area contributed by atoms with E-state index in [1.807, 2.05) is 13.8 Å². The van der Waals surface area contributed by atoms with Gasteiger partial charge in [-0.3, -0.25) is 0 Å². The summed E-state index contributed by atoms with van der Waals surface area (Å²) in [5.41, 5.74) is 5.85. The number of rotatable bonds is 6. The Kier molecular flexibility index (Phi) is 11.3. The monoisotopic (exact) mass is 233 g/mol. The van der Waals surface area contributed by atoms with Gasteiger partial charge >= 0.3 is 0 Å². The summed E-state index contributed by atoms with van der Waals surface area (Å²) >= 11 is 0. The second-order valence-electron chi connectivity index (χ2n) is 4.28. The van der Waals surface area contributed by atoms with Gasteiger partial charge in [0.15, 0.2) is 0 Å². The zero-order valence-corrected chi connectivity index (χ0v) is 11.5. The molecule has 0 aromatic heterocycles. The standard InChI is InChI=1S/C11H25N3.C2H6.2H2/c1-2-6-13-7-3-8-14-9-4-11(12)5-10-14;1-2;;/h11,13H,2-10,12H2,1H3;1-2H3;2*1H. The summed E-state index contributed by atoms with van der Waals surface area (Å²) in [6, 6.07) is 0.462. The van der Waals surface area contributed by atoms with E-state index < -0.39 is 0 Å². The van der Waals surface area contributed by atoms with Gasteiger partial charge in [0.25, 0.3) is 0 Å². The van der Waals surface area contributed by atoms with Gasteiger partial charge < -0.3 is 16.0 Å². The number of nitrogens with two attached hydrogens (primary N) is 1. The fraction of sp³-hybridized carbons (Fsp3) is 1.00. The maximum atomic E-state index is 5.85. The van der Waals surface area contributed by atoms with Crippen LogP contribution in [0.2, 0.25) is 0 Å². The van der Waals surface area contributed by atoms with Crippen molar-refractivity contribution in [3.8, 4) is 0 Å². The molecule has 0 bridgehead atoms. The fourth-order valence-electron chi connectivity index (χ4n) is 1.91. The first-order chi connectivity index (χ1) is 7.83. The zero-order valence-electron chi connectivity index (χ0n) is 11.5. The zero-order chi connectivity index (χ0) is 12.2. The molecule has 0 unspecified atom stereocenters. The lowest BCUT2D eigenvalue weighted by Crippen LogP contribution is -2.40. The Bertz CT molecular complexity index is 140. The Morgan fingerprint density at radius 1 is 1.25 bits per heavy atom. The molecule has 0 atom stereocenters. The van der Waals surface area contributed by atoms with E-state index in [-0.39, 0.29) is 2.85 Å². The molecule has 1 rings (SSSR count). The van der Waals surface area contributed by atoms with Crippen LogP contribution in [-0.4, -0.2) is 43.7 Å². The molecule has 3 N–H and O–H groups in total. The largest absolute Gasteiger partial charge is 0.328 e. The average molecular weight is 233 g/mol. The Morgan fingerprint density at radius 3 is 2.44 bits per heavy atom. The highest BCUT2D eigenvalue weighted by molar-refractivity contribution is 4.73. The van der Waals surface area contributed by atoms with Crippen LogP contribution < -0.4 is 11.1 Å². The van der Waals surface area contributed by atoms with Crippen molar-refractivity contribution in [2.24, 2.45) is 5.73 Å². The molecule has 1 aliphatic rings. The molecule has 0 spiro atoms. The molecule has 3 heteroatoms. The van der Waals surface area contributed by atoms with Gasteiger partial charge in [0.1, 0.15) is 0 Å². The summed E-state index contributed by atoms with van der Waals surface area (Å²) in [5.74, 6) is 0. The van der Waals surface area contributed by atoms with Gasteiger partial charge in [0, 0.05) is 8.90 Å². The van der Waals surface area contributed by atoms with Crippen molar-refractivity contribution < 1.29 is 2.85 Å². The van der Waals surface area contributed by atoms with Crippen molar-refractivity contribution in [1.29, 1.82) is 0 Å². The molecule has 0 radical (unpaired) electrons. The van der Waals surface area contributed by atoms with E-state index in [2.05, 4.69) is 17.1 Å². The average Bonchev–Trinajstić information content (AvgIpc) is 2.34. The van der Waals surface area contributed by atoms with E-state index in [0.717, 1.165) is 13.1 Å². The topological polar surface area (TPSA) is 41.3 Å². The highest BCUT2D eigenvalue weighted by atomic mass is 15.1. The molecule has 1 saturated heterocycles. The Hall–Kier alpha value is -0.120. The van der Waals surface area contributed by atoms with Gasteiger partial charge in [-0.1, -0.05) is 20.8 Å². The second-order valence-corrected chi connectivity index (χ2v) is 4.28. The molecule has 102 valence electrons. The van der Waals surface area contributed by atoms with Crippen molar-refractivity contribution in [2.75, 3.05) is 32.7 Å². The van der Waals surface area contributed by atoms with E-state index in [1.165, 1.54) is 45.3 Å². The first-order valence-electron chi connectivity index (χ1n) is 7.01. The van der Waals surface area contributed by atoms with Gasteiger partial charge in [-0.2, -0.15) is 0 Å². The molecule has 3 nitrogen and oxygen atoms in total. The Balaban J connectivity index is -0.000000534. The summed E-state index contributed by atoms with van der Waals surface area (Å²) in [6.45, 7) is 12.2. The third kappa shape index (κ3) is 8.08. The van der Waals surface area contributed by atoms with Crippen LogP contribution in [0.25, 0.3) is 0 Å². The maximum absolute atomic E-state index is 5.85. The van der Waals surface area contributed by atoms with Crippen molar-refractivity contribution in [1.82, 2.24) is 10.2 Å². The van der Waals surface area contributed by atoms with Crippen molar-refractivity contribution in [3.63, 3.8) is 0 Å². The van der Waals surface area contributed by atoms with Crippen molar-refractivity contribution in [2.45, 2.75) is 52.5 Å². The summed E-state index contributed by atoms with van der Waals surface area (Å²) < 4.78 is 0. The van der Waals surface area contributed by atoms with Gasteiger partial charge in [0.05, 0.1) is 0 Å². The van der Waals surface area contributed by atoms with Crippen LogP contribution in [0.3, 0.4) is 0 Å². The SMILES string of the molecule is CC.CCCNCCCN1CCC(N)CC1.[HH].[HH]. The third-order valence-corrected chi connectivity index (χ3v) is 2.89. The minimum absolute atomic E-state index is 0. The number of hydrogen-bond donors (Lipinski definition) is 2. The summed E-state index contributed by atoms with van der Waals surface area (Å²) in [7, 11) is 0. The van der Waals surface area contributed by atoms with Crippen LogP contribution in [0.4, 0.5) is 0 Å². The summed E-state index contributed by atoms with van der Waals surface area (Å²) in [4.78, 5) is 2.54. The predicted octanol–water partition coefficient (Wildman–Crippen LogP) is 2.32. The van der Waals surface area contributed by atoms with Gasteiger partial charge in [-0.25, -0.2) is 0 Å². The van der Waals surface area contributed by atoms with Crippen LogP contribution in [0, 0.1) is 0 Å². The summed E-state index contributed by atoms with van der Waals surface area (Å²) in [6.07, 6.45) is 4.87. The lowest BCUT2D eigenvalue weighted by molar-refractivity contribution is 0.210. The fourth-order valence-corrected chi connectivity index (χ4v) is 1.91. The Labute approximate surface area is 105 Å². The van der Waals surface area contributed by atoms with E-state index >= 15 is 0 Å². The second kappa shape index (κ2) is 11.4. The number of nitrogens with zero attached hydrogens (tertiary/aromatic N) is 1. The van der Waals surface area contributed by atoms with E-state index in [1.54, 1.807) is 0 Å². The smallest absolute Gasteiger partial charge is 0.00631 e. The molecular weight excluding hydrogens is 198 g/mol. The minimum Gasteiger partial charge on any atom is -0.328 e. The van der Waals surface area contributed by atoms with E-state index in [0.29, 0.717) is 6.04 Å². The Morgan fingerprint density at radius 2 is 1.88 bits per heavy atom. The van der Waals surface area contributed by atoms with Crippen LogP contribution >= 0.6 is 0 Å². The number of piperidine rings is 1. The highest BCUT2D eigenvalue weighted by Gasteiger charge is 2.14. The lowest BCUT2D eigenvalue weighted by Gasteiger charge is -2.29. The molecule has 0 saturated carbocycles. The van der Waals surface area contributed by atoms with Crippen LogP contribution in [0.15, 0.2) is 0 Å².